The van der Waals surface area contributed by atoms with Gasteiger partial charge >= 0.3 is 0 Å². The SMILES string of the molecule is COCCc1ccccc1NS(=O)(=O)c1ccc(CN)s1. The van der Waals surface area contributed by atoms with Crippen molar-refractivity contribution in [1.29, 1.82) is 0 Å². The van der Waals surface area contributed by atoms with E-state index in [1.54, 1.807) is 31.4 Å². The van der Waals surface area contributed by atoms with Crippen LogP contribution >= 0.6 is 11.3 Å². The van der Waals surface area contributed by atoms with Gasteiger partial charge in [0.25, 0.3) is 10.0 Å². The molecule has 1 heterocycles. The van der Waals surface area contributed by atoms with Gasteiger partial charge < -0.3 is 10.5 Å². The quantitative estimate of drug-likeness (QED) is 0.817. The van der Waals surface area contributed by atoms with Crippen LogP contribution in [0.4, 0.5) is 5.69 Å². The lowest BCUT2D eigenvalue weighted by Crippen LogP contribution is -2.13. The van der Waals surface area contributed by atoms with Crippen LogP contribution in [0.25, 0.3) is 0 Å². The van der Waals surface area contributed by atoms with E-state index >= 15 is 0 Å². The number of nitrogens with one attached hydrogen (secondary N) is 1. The van der Waals surface area contributed by atoms with E-state index in [9.17, 15) is 8.42 Å². The number of anilines is 1. The molecule has 2 rings (SSSR count). The third kappa shape index (κ3) is 4.04. The summed E-state index contributed by atoms with van der Waals surface area (Å²) in [4.78, 5) is 0.836. The molecule has 0 saturated heterocycles. The van der Waals surface area contributed by atoms with Gasteiger partial charge in [-0.15, -0.1) is 11.3 Å². The van der Waals surface area contributed by atoms with Crippen molar-refractivity contribution < 1.29 is 13.2 Å². The van der Waals surface area contributed by atoms with Crippen LogP contribution in [0.2, 0.25) is 0 Å². The van der Waals surface area contributed by atoms with Crippen molar-refractivity contribution in [3.63, 3.8) is 0 Å². The van der Waals surface area contributed by atoms with E-state index in [1.807, 2.05) is 12.1 Å². The van der Waals surface area contributed by atoms with Gasteiger partial charge in [0.15, 0.2) is 0 Å². The summed E-state index contributed by atoms with van der Waals surface area (Å²) in [5.41, 5.74) is 7.00. The van der Waals surface area contributed by atoms with Gasteiger partial charge in [0.05, 0.1) is 12.3 Å². The first kappa shape index (κ1) is 16.0. The largest absolute Gasteiger partial charge is 0.384 e. The second-order valence-electron chi connectivity index (χ2n) is 4.43. The standard InChI is InChI=1S/C14H18N2O3S2/c1-19-9-8-11-4-2-3-5-13(11)16-21(17,18)14-7-6-12(10-15)20-14/h2-7,16H,8-10,15H2,1H3. The van der Waals surface area contributed by atoms with Gasteiger partial charge in [0.1, 0.15) is 4.21 Å². The summed E-state index contributed by atoms with van der Waals surface area (Å²) in [5.74, 6) is 0. The molecule has 114 valence electrons. The molecule has 0 saturated carbocycles. The fourth-order valence-corrected chi connectivity index (χ4v) is 4.19. The first-order valence-corrected chi connectivity index (χ1v) is 8.75. The average molecular weight is 326 g/mol. The molecule has 21 heavy (non-hydrogen) atoms. The fourth-order valence-electron chi connectivity index (χ4n) is 1.86. The van der Waals surface area contributed by atoms with Crippen molar-refractivity contribution in [1.82, 2.24) is 0 Å². The number of hydrogen-bond donors (Lipinski definition) is 2. The number of para-hydroxylation sites is 1. The van der Waals surface area contributed by atoms with E-state index in [1.165, 1.54) is 11.3 Å². The molecular weight excluding hydrogens is 308 g/mol. The minimum atomic E-state index is -3.58. The molecule has 0 spiro atoms. The Morgan fingerprint density at radius 1 is 1.24 bits per heavy atom. The van der Waals surface area contributed by atoms with Crippen LogP contribution in [0, 0.1) is 0 Å². The van der Waals surface area contributed by atoms with Crippen molar-refractivity contribution in [2.24, 2.45) is 5.73 Å². The van der Waals surface area contributed by atoms with Gasteiger partial charge in [-0.2, -0.15) is 0 Å². The Labute approximate surface area is 128 Å². The number of hydrogen-bond acceptors (Lipinski definition) is 5. The van der Waals surface area contributed by atoms with Crippen LogP contribution in [-0.4, -0.2) is 22.1 Å². The molecule has 0 amide bonds. The van der Waals surface area contributed by atoms with Crippen LogP contribution in [0.5, 0.6) is 0 Å². The number of benzene rings is 1. The number of ether oxygens (including phenoxy) is 1. The van der Waals surface area contributed by atoms with Crippen LogP contribution in [0.15, 0.2) is 40.6 Å². The Morgan fingerprint density at radius 3 is 2.67 bits per heavy atom. The number of nitrogens with two attached hydrogens (primary N) is 1. The lowest BCUT2D eigenvalue weighted by atomic mass is 10.1. The summed E-state index contributed by atoms with van der Waals surface area (Å²) in [5, 5.41) is 0. The molecule has 0 fully saturated rings. The van der Waals surface area contributed by atoms with Gasteiger partial charge in [-0.25, -0.2) is 8.42 Å². The molecule has 0 aliphatic carbocycles. The predicted molar refractivity (Wildman–Crippen MR) is 85.0 cm³/mol. The van der Waals surface area contributed by atoms with Crippen molar-refractivity contribution in [3.8, 4) is 0 Å². The first-order valence-electron chi connectivity index (χ1n) is 6.45. The molecule has 2 aromatic rings. The molecule has 3 N–H and O–H groups in total. The van der Waals surface area contributed by atoms with E-state index in [-0.39, 0.29) is 4.21 Å². The van der Waals surface area contributed by atoms with E-state index in [2.05, 4.69) is 4.72 Å². The third-order valence-corrected chi connectivity index (χ3v) is 5.91. The zero-order chi connectivity index (χ0) is 15.3. The Kier molecular flexibility index (Phi) is 5.35. The highest BCUT2D eigenvalue weighted by atomic mass is 32.2. The zero-order valence-electron chi connectivity index (χ0n) is 11.7. The highest BCUT2D eigenvalue weighted by molar-refractivity contribution is 7.94. The van der Waals surface area contributed by atoms with E-state index in [0.29, 0.717) is 25.3 Å². The van der Waals surface area contributed by atoms with Crippen molar-refractivity contribution in [3.05, 3.63) is 46.8 Å². The number of methoxy groups -OCH3 is 1. The Morgan fingerprint density at radius 2 is 2.00 bits per heavy atom. The topological polar surface area (TPSA) is 81.4 Å². The van der Waals surface area contributed by atoms with Crippen LogP contribution in [-0.2, 0) is 27.7 Å². The molecule has 0 aliphatic rings. The lowest BCUT2D eigenvalue weighted by molar-refractivity contribution is 0.202. The summed E-state index contributed by atoms with van der Waals surface area (Å²) in [6.07, 6.45) is 0.647. The van der Waals surface area contributed by atoms with Crippen LogP contribution in [0.3, 0.4) is 0 Å². The summed E-state index contributed by atoms with van der Waals surface area (Å²) >= 11 is 1.18. The molecule has 0 aliphatic heterocycles. The van der Waals surface area contributed by atoms with Crippen molar-refractivity contribution >= 4 is 27.0 Å². The highest BCUT2D eigenvalue weighted by Gasteiger charge is 2.18. The predicted octanol–water partition coefficient (Wildman–Crippen LogP) is 2.20. The zero-order valence-corrected chi connectivity index (χ0v) is 13.3. The number of thiophene rings is 1. The van der Waals surface area contributed by atoms with E-state index in [0.717, 1.165) is 10.4 Å². The molecule has 0 atom stereocenters. The van der Waals surface area contributed by atoms with Gasteiger partial charge in [-0.1, -0.05) is 18.2 Å². The highest BCUT2D eigenvalue weighted by Crippen LogP contribution is 2.25. The summed E-state index contributed by atoms with van der Waals surface area (Å²) in [7, 11) is -1.96. The van der Waals surface area contributed by atoms with Crippen LogP contribution in [0.1, 0.15) is 10.4 Å². The maximum absolute atomic E-state index is 12.4. The molecule has 5 nitrogen and oxygen atoms in total. The summed E-state index contributed by atoms with van der Waals surface area (Å²) in [6.45, 7) is 0.875. The van der Waals surface area contributed by atoms with E-state index in [4.69, 9.17) is 10.5 Å². The summed E-state index contributed by atoms with van der Waals surface area (Å²) in [6, 6.07) is 10.6. The molecule has 0 bridgehead atoms. The molecule has 1 aromatic heterocycles. The second-order valence-corrected chi connectivity index (χ2v) is 7.51. The third-order valence-electron chi connectivity index (χ3n) is 2.94. The summed E-state index contributed by atoms with van der Waals surface area (Å²) < 4.78 is 32.7. The van der Waals surface area contributed by atoms with Gasteiger partial charge in [-0.3, -0.25) is 4.72 Å². The molecule has 0 radical (unpaired) electrons. The smallest absolute Gasteiger partial charge is 0.271 e. The first-order chi connectivity index (χ1) is 10.1. The van der Waals surface area contributed by atoms with Gasteiger partial charge in [0, 0.05) is 18.5 Å². The normalized spacial score (nSPS) is 11.5. The Bertz CT molecular complexity index is 696. The Balaban J connectivity index is 2.24. The Hall–Kier alpha value is -1.41. The molecule has 0 unspecified atom stereocenters. The van der Waals surface area contributed by atoms with Crippen molar-refractivity contribution in [2.45, 2.75) is 17.2 Å². The average Bonchev–Trinajstić information content (AvgIpc) is 2.96. The molecule has 7 heteroatoms. The minimum Gasteiger partial charge on any atom is -0.384 e. The maximum Gasteiger partial charge on any atom is 0.271 e. The number of sulfonamides is 1. The van der Waals surface area contributed by atoms with Gasteiger partial charge in [-0.05, 0) is 30.2 Å². The molecular formula is C14H18N2O3S2. The fraction of sp³-hybridized carbons (Fsp3) is 0.286. The minimum absolute atomic E-state index is 0.268. The van der Waals surface area contributed by atoms with Crippen LogP contribution < -0.4 is 10.5 Å². The van der Waals surface area contributed by atoms with Crippen molar-refractivity contribution in [2.75, 3.05) is 18.4 Å². The van der Waals surface area contributed by atoms with E-state index < -0.39 is 10.0 Å². The number of rotatable bonds is 7. The molecule has 1 aromatic carbocycles. The maximum atomic E-state index is 12.4. The van der Waals surface area contributed by atoms with Gasteiger partial charge in [0.2, 0.25) is 0 Å². The monoisotopic (exact) mass is 326 g/mol. The lowest BCUT2D eigenvalue weighted by Gasteiger charge is -2.11. The second kappa shape index (κ2) is 7.04.